The van der Waals surface area contributed by atoms with Crippen LogP contribution in [0.15, 0.2) is 67.1 Å². The van der Waals surface area contributed by atoms with Gasteiger partial charge < -0.3 is 10.2 Å². The number of carbonyl (C=O) groups excluding carboxylic acids is 1. The van der Waals surface area contributed by atoms with E-state index in [1.807, 2.05) is 35.2 Å². The van der Waals surface area contributed by atoms with E-state index >= 15 is 0 Å². The topological polar surface area (TPSA) is 58.1 Å². The molecule has 0 fully saturated rings. The molecule has 0 aliphatic rings. The molecule has 1 aromatic heterocycles. The molecule has 0 radical (unpaired) electrons. The van der Waals surface area contributed by atoms with Crippen LogP contribution < -0.4 is 10.2 Å². The summed E-state index contributed by atoms with van der Waals surface area (Å²) in [5.41, 5.74) is 3.14. The molecular weight excluding hydrogens is 367 g/mol. The third kappa shape index (κ3) is 5.16. The van der Waals surface area contributed by atoms with Crippen molar-refractivity contribution in [3.05, 3.63) is 89.8 Å². The van der Waals surface area contributed by atoms with E-state index < -0.39 is 6.04 Å². The molecule has 6 heteroatoms. The number of aryl methyl sites for hydroxylation is 2. The zero-order chi connectivity index (χ0) is 20.6. The zero-order valence-electron chi connectivity index (χ0n) is 16.7. The summed E-state index contributed by atoms with van der Waals surface area (Å²) in [7, 11) is 1.63. The Hall–Kier alpha value is -3.28. The Morgan fingerprint density at radius 2 is 1.97 bits per heavy atom. The van der Waals surface area contributed by atoms with Crippen LogP contribution in [0.3, 0.4) is 0 Å². The van der Waals surface area contributed by atoms with E-state index in [0.29, 0.717) is 12.1 Å². The van der Waals surface area contributed by atoms with E-state index in [1.165, 1.54) is 6.07 Å². The molecule has 29 heavy (non-hydrogen) atoms. The van der Waals surface area contributed by atoms with Crippen LogP contribution in [-0.4, -0.2) is 29.5 Å². The lowest BCUT2D eigenvalue weighted by molar-refractivity contribution is -0.122. The summed E-state index contributed by atoms with van der Waals surface area (Å²) in [6.45, 7) is 2.34. The molecular formula is C23H25FN4O. The molecule has 3 aromatic rings. The van der Waals surface area contributed by atoms with Gasteiger partial charge in [-0.15, -0.1) is 0 Å². The van der Waals surface area contributed by atoms with Crippen LogP contribution in [-0.2, 0) is 11.2 Å². The Morgan fingerprint density at radius 3 is 2.62 bits per heavy atom. The number of aromatic nitrogens is 2. The first-order valence-electron chi connectivity index (χ1n) is 9.64. The van der Waals surface area contributed by atoms with Gasteiger partial charge in [-0.1, -0.05) is 30.3 Å². The lowest BCUT2D eigenvalue weighted by atomic mass is 10.0. The normalized spacial score (nSPS) is 11.7. The summed E-state index contributed by atoms with van der Waals surface area (Å²) >= 11 is 0. The summed E-state index contributed by atoms with van der Waals surface area (Å²) in [5.74, 6) is -0.373. The van der Waals surface area contributed by atoms with Gasteiger partial charge in [-0.25, -0.2) is 4.39 Å². The number of nitrogens with one attached hydrogen (secondary N) is 1. The van der Waals surface area contributed by atoms with Crippen molar-refractivity contribution in [2.75, 3.05) is 18.5 Å². The highest BCUT2D eigenvalue weighted by molar-refractivity contribution is 5.86. The zero-order valence-corrected chi connectivity index (χ0v) is 16.7. The molecule has 1 atom stereocenters. The van der Waals surface area contributed by atoms with Crippen molar-refractivity contribution in [2.24, 2.45) is 0 Å². The van der Waals surface area contributed by atoms with Crippen molar-refractivity contribution in [3.8, 4) is 0 Å². The summed E-state index contributed by atoms with van der Waals surface area (Å²) in [4.78, 5) is 23.3. The third-order valence-electron chi connectivity index (χ3n) is 4.84. The highest BCUT2D eigenvalue weighted by Crippen LogP contribution is 2.29. The fraction of sp³-hybridized carbons (Fsp3) is 0.261. The van der Waals surface area contributed by atoms with Crippen LogP contribution in [0.1, 0.15) is 29.3 Å². The first kappa shape index (κ1) is 20.5. The number of halogens is 1. The number of carbonyl (C=O) groups is 1. The maximum atomic E-state index is 13.9. The smallest absolute Gasteiger partial charge is 0.247 e. The minimum atomic E-state index is -0.520. The van der Waals surface area contributed by atoms with Crippen molar-refractivity contribution in [1.82, 2.24) is 15.3 Å². The van der Waals surface area contributed by atoms with Crippen molar-refractivity contribution < 1.29 is 9.18 Å². The van der Waals surface area contributed by atoms with Crippen LogP contribution in [0.25, 0.3) is 0 Å². The molecule has 0 aliphatic carbocycles. The molecule has 0 bridgehead atoms. The fourth-order valence-electron chi connectivity index (χ4n) is 3.35. The lowest BCUT2D eigenvalue weighted by Crippen LogP contribution is -2.40. The summed E-state index contributed by atoms with van der Waals surface area (Å²) in [6, 6.07) is 14.1. The Kier molecular flexibility index (Phi) is 6.89. The number of amides is 1. The molecule has 0 saturated carbocycles. The van der Waals surface area contributed by atoms with Gasteiger partial charge in [-0.2, -0.15) is 0 Å². The predicted octanol–water partition coefficient (Wildman–Crippen LogP) is 3.85. The average molecular weight is 392 g/mol. The minimum Gasteiger partial charge on any atom is -0.357 e. The van der Waals surface area contributed by atoms with Crippen LogP contribution in [0.5, 0.6) is 0 Å². The van der Waals surface area contributed by atoms with Gasteiger partial charge in [-0.3, -0.25) is 14.8 Å². The summed E-state index contributed by atoms with van der Waals surface area (Å²) in [5, 5.41) is 2.77. The molecule has 1 heterocycles. The van der Waals surface area contributed by atoms with E-state index in [1.54, 1.807) is 44.7 Å². The molecule has 0 spiro atoms. The quantitative estimate of drug-likeness (QED) is 0.633. The van der Waals surface area contributed by atoms with Gasteiger partial charge in [0.05, 0.1) is 5.69 Å². The summed E-state index contributed by atoms with van der Waals surface area (Å²) < 4.78 is 13.9. The first-order chi connectivity index (χ1) is 14.1. The first-order valence-corrected chi connectivity index (χ1v) is 9.64. The maximum Gasteiger partial charge on any atom is 0.247 e. The number of hydrogen-bond acceptors (Lipinski definition) is 4. The summed E-state index contributed by atoms with van der Waals surface area (Å²) in [6.07, 6.45) is 6.58. The van der Waals surface area contributed by atoms with E-state index in [0.717, 1.165) is 29.8 Å². The van der Waals surface area contributed by atoms with E-state index in [-0.39, 0.29) is 11.7 Å². The molecule has 1 N–H and O–H groups in total. The van der Waals surface area contributed by atoms with Crippen LogP contribution in [0.2, 0.25) is 0 Å². The minimum absolute atomic E-state index is 0.113. The number of benzene rings is 2. The number of hydrogen-bond donors (Lipinski definition) is 1. The molecule has 1 unspecified atom stereocenters. The number of likely N-dealkylation sites (N-methyl/N-ethyl adjacent to an activating group) is 1. The van der Waals surface area contributed by atoms with Crippen molar-refractivity contribution >= 4 is 11.6 Å². The van der Waals surface area contributed by atoms with Crippen molar-refractivity contribution in [3.63, 3.8) is 0 Å². The second kappa shape index (κ2) is 9.78. The Bertz CT molecular complexity index is 934. The second-order valence-electron chi connectivity index (χ2n) is 6.85. The predicted molar refractivity (Wildman–Crippen MR) is 112 cm³/mol. The third-order valence-corrected chi connectivity index (χ3v) is 4.84. The van der Waals surface area contributed by atoms with Crippen LogP contribution >= 0.6 is 0 Å². The van der Waals surface area contributed by atoms with E-state index in [2.05, 4.69) is 15.3 Å². The van der Waals surface area contributed by atoms with Gasteiger partial charge in [0.1, 0.15) is 11.9 Å². The van der Waals surface area contributed by atoms with Gasteiger partial charge in [0.15, 0.2) is 0 Å². The molecule has 0 aliphatic heterocycles. The largest absolute Gasteiger partial charge is 0.357 e. The second-order valence-corrected chi connectivity index (χ2v) is 6.85. The Balaban J connectivity index is 1.93. The highest BCUT2D eigenvalue weighted by atomic mass is 19.1. The Labute approximate surface area is 170 Å². The van der Waals surface area contributed by atoms with Gasteiger partial charge in [0, 0.05) is 37.9 Å². The fourth-order valence-corrected chi connectivity index (χ4v) is 3.35. The molecule has 2 aromatic carbocycles. The van der Waals surface area contributed by atoms with E-state index in [4.69, 9.17) is 0 Å². The Morgan fingerprint density at radius 1 is 1.17 bits per heavy atom. The van der Waals surface area contributed by atoms with E-state index in [9.17, 15) is 9.18 Å². The molecule has 3 rings (SSSR count). The highest BCUT2D eigenvalue weighted by Gasteiger charge is 2.27. The van der Waals surface area contributed by atoms with Crippen molar-refractivity contribution in [1.29, 1.82) is 0 Å². The molecule has 5 nitrogen and oxygen atoms in total. The van der Waals surface area contributed by atoms with Gasteiger partial charge in [0.2, 0.25) is 5.91 Å². The molecule has 0 saturated heterocycles. The average Bonchev–Trinajstić information content (AvgIpc) is 2.76. The standard InChI is InChI=1S/C23H25FN4O/c1-17-15-20(10-11-21(17)24)28(14-6-9-19-16-26-12-13-27-19)22(23(29)25-2)18-7-4-3-5-8-18/h3-5,7-8,10-13,15-16,22H,6,9,14H2,1-2H3,(H,25,29). The maximum absolute atomic E-state index is 13.9. The SMILES string of the molecule is CNC(=O)C(c1ccccc1)N(CCCc1cnccn1)c1ccc(F)c(C)c1. The van der Waals surface area contributed by atoms with Crippen LogP contribution in [0.4, 0.5) is 10.1 Å². The number of nitrogens with zero attached hydrogens (tertiary/aromatic N) is 3. The van der Waals surface area contributed by atoms with Gasteiger partial charge in [0.25, 0.3) is 0 Å². The monoisotopic (exact) mass is 392 g/mol. The van der Waals surface area contributed by atoms with Crippen LogP contribution in [0, 0.1) is 12.7 Å². The lowest BCUT2D eigenvalue weighted by Gasteiger charge is -2.33. The van der Waals surface area contributed by atoms with Crippen molar-refractivity contribution in [2.45, 2.75) is 25.8 Å². The van der Waals surface area contributed by atoms with Gasteiger partial charge >= 0.3 is 0 Å². The number of anilines is 1. The van der Waals surface area contributed by atoms with Gasteiger partial charge in [-0.05, 0) is 49.1 Å². The number of rotatable bonds is 8. The molecule has 1 amide bonds. The molecule has 150 valence electrons.